The van der Waals surface area contributed by atoms with Gasteiger partial charge in [-0.05, 0) is 114 Å². The number of rotatable bonds is 5. The summed E-state index contributed by atoms with van der Waals surface area (Å²) in [5, 5.41) is 12.8. The Morgan fingerprint density at radius 2 is 0.926 bits per heavy atom. The van der Waals surface area contributed by atoms with Crippen LogP contribution in [-0.4, -0.2) is 0 Å². The molecule has 0 aliphatic heterocycles. The molecule has 1 heterocycles. The van der Waals surface area contributed by atoms with Crippen LogP contribution < -0.4 is 4.90 Å². The van der Waals surface area contributed by atoms with Crippen LogP contribution in [0.25, 0.3) is 85.5 Å². The zero-order valence-electron chi connectivity index (χ0n) is 29.4. The van der Waals surface area contributed by atoms with Gasteiger partial charge in [-0.15, -0.1) is 11.3 Å². The number of benzene rings is 10. The fourth-order valence-electron chi connectivity index (χ4n) is 8.47. The summed E-state index contributed by atoms with van der Waals surface area (Å²) >= 11 is 1.86. The number of thiophene rings is 1. The van der Waals surface area contributed by atoms with E-state index in [0.717, 1.165) is 11.4 Å². The van der Waals surface area contributed by atoms with Crippen LogP contribution in [0, 0.1) is 0 Å². The molecule has 1 aromatic heterocycles. The highest BCUT2D eigenvalue weighted by atomic mass is 32.1. The Kier molecular flexibility index (Phi) is 7.11. The van der Waals surface area contributed by atoms with Crippen LogP contribution in [0.1, 0.15) is 0 Å². The smallest absolute Gasteiger partial charge is 0.0554 e. The maximum Gasteiger partial charge on any atom is 0.0554 e. The van der Waals surface area contributed by atoms with Gasteiger partial charge >= 0.3 is 0 Å². The van der Waals surface area contributed by atoms with Crippen molar-refractivity contribution < 1.29 is 0 Å². The lowest BCUT2D eigenvalue weighted by Gasteiger charge is -2.27. The molecule has 0 amide bonds. The van der Waals surface area contributed by atoms with Crippen LogP contribution in [-0.2, 0) is 0 Å². The Bertz CT molecular complexity index is 3220. The first-order chi connectivity index (χ1) is 26.8. The van der Waals surface area contributed by atoms with Crippen molar-refractivity contribution in [2.75, 3.05) is 4.90 Å². The standard InChI is InChI=1S/C52H33NS/c1-3-15-43-35(10-1)12-8-18-44(43)40-13-7-14-42(32-40)53(48-19-9-21-50-52(48)46-17-5-6-20-49(46)54-50)41-30-28-34(29-31-41)39-27-24-37-23-26-38-25-22-36-11-2-4-16-45(36)51(38)47(37)33-39/h1-33H. The van der Waals surface area contributed by atoms with Crippen molar-refractivity contribution in [2.24, 2.45) is 0 Å². The molecule has 0 bridgehead atoms. The topological polar surface area (TPSA) is 3.24 Å². The molecule has 0 aliphatic carbocycles. The van der Waals surface area contributed by atoms with Crippen molar-refractivity contribution in [1.29, 1.82) is 0 Å². The van der Waals surface area contributed by atoms with Crippen LogP contribution in [0.4, 0.5) is 17.1 Å². The normalized spacial score (nSPS) is 11.7. The third kappa shape index (κ3) is 4.99. The van der Waals surface area contributed by atoms with E-state index in [1.807, 2.05) is 11.3 Å². The SMILES string of the molecule is c1cc(-c2cccc3ccccc23)cc(N(c2ccc(-c3ccc4ccc5ccc6ccccc6c5c4c3)cc2)c2cccc3sc4ccccc4c23)c1. The average Bonchev–Trinajstić information content (AvgIpc) is 3.63. The minimum atomic E-state index is 1.12. The van der Waals surface area contributed by atoms with Crippen LogP contribution in [0.2, 0.25) is 0 Å². The van der Waals surface area contributed by atoms with Crippen molar-refractivity contribution in [2.45, 2.75) is 0 Å². The van der Waals surface area contributed by atoms with Crippen molar-refractivity contribution in [3.8, 4) is 22.3 Å². The van der Waals surface area contributed by atoms with Gasteiger partial charge < -0.3 is 4.90 Å². The van der Waals surface area contributed by atoms with Crippen molar-refractivity contribution in [3.05, 3.63) is 200 Å². The quantitative estimate of drug-likeness (QED) is 0.161. The van der Waals surface area contributed by atoms with Gasteiger partial charge in [-0.1, -0.05) is 152 Å². The molecule has 0 unspecified atom stereocenters. The fourth-order valence-corrected chi connectivity index (χ4v) is 9.59. The van der Waals surface area contributed by atoms with E-state index in [-0.39, 0.29) is 0 Å². The second-order valence-electron chi connectivity index (χ2n) is 14.1. The number of anilines is 3. The van der Waals surface area contributed by atoms with Gasteiger partial charge in [0.1, 0.15) is 0 Å². The minimum absolute atomic E-state index is 1.12. The van der Waals surface area contributed by atoms with Gasteiger partial charge in [0.25, 0.3) is 0 Å². The van der Waals surface area contributed by atoms with Crippen LogP contribution >= 0.6 is 11.3 Å². The van der Waals surface area contributed by atoms with E-state index in [9.17, 15) is 0 Å². The molecule has 1 nitrogen and oxygen atoms in total. The maximum atomic E-state index is 2.44. The van der Waals surface area contributed by atoms with E-state index in [1.165, 1.54) is 91.2 Å². The summed E-state index contributed by atoms with van der Waals surface area (Å²) in [4.78, 5) is 2.44. The summed E-state index contributed by atoms with van der Waals surface area (Å²) in [6.07, 6.45) is 0. The minimum Gasteiger partial charge on any atom is -0.310 e. The van der Waals surface area contributed by atoms with Crippen molar-refractivity contribution in [1.82, 2.24) is 0 Å². The summed E-state index contributed by atoms with van der Waals surface area (Å²) in [6, 6.07) is 73.6. The van der Waals surface area contributed by atoms with E-state index in [1.54, 1.807) is 0 Å². The highest BCUT2D eigenvalue weighted by Gasteiger charge is 2.19. The largest absolute Gasteiger partial charge is 0.310 e. The number of hydrogen-bond acceptors (Lipinski definition) is 2. The van der Waals surface area contributed by atoms with Gasteiger partial charge in [0.05, 0.1) is 5.69 Å². The molecule has 10 aromatic carbocycles. The molecule has 252 valence electrons. The molecular weight excluding hydrogens is 671 g/mol. The zero-order chi connectivity index (χ0) is 35.6. The van der Waals surface area contributed by atoms with Gasteiger partial charge in [0, 0.05) is 31.5 Å². The molecule has 11 rings (SSSR count). The first-order valence-corrected chi connectivity index (χ1v) is 19.3. The Hall–Kier alpha value is -6.74. The molecule has 0 radical (unpaired) electrons. The van der Waals surface area contributed by atoms with Gasteiger partial charge in [-0.25, -0.2) is 0 Å². The van der Waals surface area contributed by atoms with Gasteiger partial charge in [-0.2, -0.15) is 0 Å². The Morgan fingerprint density at radius 1 is 0.315 bits per heavy atom. The summed E-state index contributed by atoms with van der Waals surface area (Å²) in [7, 11) is 0. The van der Waals surface area contributed by atoms with Gasteiger partial charge in [-0.3, -0.25) is 0 Å². The zero-order valence-corrected chi connectivity index (χ0v) is 30.2. The molecule has 54 heavy (non-hydrogen) atoms. The van der Waals surface area contributed by atoms with Crippen LogP contribution in [0.3, 0.4) is 0 Å². The number of nitrogens with zero attached hydrogens (tertiary/aromatic N) is 1. The van der Waals surface area contributed by atoms with Crippen LogP contribution in [0.15, 0.2) is 200 Å². The third-order valence-electron chi connectivity index (χ3n) is 11.0. The van der Waals surface area contributed by atoms with Crippen molar-refractivity contribution in [3.63, 3.8) is 0 Å². The van der Waals surface area contributed by atoms with Gasteiger partial charge in [0.15, 0.2) is 0 Å². The summed E-state index contributed by atoms with van der Waals surface area (Å²) < 4.78 is 2.59. The second-order valence-corrected chi connectivity index (χ2v) is 15.2. The van der Waals surface area contributed by atoms with Crippen LogP contribution in [0.5, 0.6) is 0 Å². The van der Waals surface area contributed by atoms with E-state index in [0.29, 0.717) is 0 Å². The first kappa shape index (κ1) is 30.8. The predicted molar refractivity (Wildman–Crippen MR) is 235 cm³/mol. The fraction of sp³-hybridized carbons (Fsp3) is 0. The van der Waals surface area contributed by atoms with E-state index in [4.69, 9.17) is 0 Å². The Morgan fingerprint density at radius 3 is 1.78 bits per heavy atom. The Balaban J connectivity index is 1.08. The summed E-state index contributed by atoms with van der Waals surface area (Å²) in [5.41, 5.74) is 8.27. The van der Waals surface area contributed by atoms with Gasteiger partial charge in [0.2, 0.25) is 0 Å². The van der Waals surface area contributed by atoms with E-state index >= 15 is 0 Å². The average molecular weight is 704 g/mol. The molecule has 0 saturated heterocycles. The lowest BCUT2D eigenvalue weighted by atomic mass is 9.94. The van der Waals surface area contributed by atoms with Crippen molar-refractivity contribution >= 4 is 91.7 Å². The summed E-state index contributed by atoms with van der Waals surface area (Å²) in [5.74, 6) is 0. The highest BCUT2D eigenvalue weighted by Crippen LogP contribution is 2.46. The molecule has 0 atom stereocenters. The predicted octanol–water partition coefficient (Wildman–Crippen LogP) is 15.5. The molecule has 0 spiro atoms. The molecule has 0 saturated carbocycles. The molecule has 11 aromatic rings. The molecule has 2 heteroatoms. The lowest BCUT2D eigenvalue weighted by molar-refractivity contribution is 1.30. The van der Waals surface area contributed by atoms with E-state index in [2.05, 4.69) is 205 Å². The molecule has 0 aliphatic rings. The molecule has 0 N–H and O–H groups in total. The second kappa shape index (κ2) is 12.4. The Labute approximate surface area is 317 Å². The lowest BCUT2D eigenvalue weighted by Crippen LogP contribution is -2.10. The monoisotopic (exact) mass is 703 g/mol. The molecule has 0 fully saturated rings. The number of fused-ring (bicyclic) bond motifs is 9. The first-order valence-electron chi connectivity index (χ1n) is 18.5. The highest BCUT2D eigenvalue weighted by molar-refractivity contribution is 7.26. The summed E-state index contributed by atoms with van der Waals surface area (Å²) in [6.45, 7) is 0. The molecular formula is C52H33NS. The third-order valence-corrected chi connectivity index (χ3v) is 12.1. The van der Waals surface area contributed by atoms with E-state index < -0.39 is 0 Å². The maximum absolute atomic E-state index is 2.44. The number of hydrogen-bond donors (Lipinski definition) is 0.